The number of allylic oxidation sites excluding steroid dienone is 1. The lowest BCUT2D eigenvalue weighted by Gasteiger charge is -2.22. The maximum absolute atomic E-state index is 11.1. The predicted octanol–water partition coefficient (Wildman–Crippen LogP) is 9.05. The average molecular weight is 475 g/mol. The third-order valence-electron chi connectivity index (χ3n) is 7.52. The van der Waals surface area contributed by atoms with Crippen LogP contribution in [0.25, 0.3) is 0 Å². The van der Waals surface area contributed by atoms with Gasteiger partial charge in [-0.3, -0.25) is 0 Å². The molecule has 196 valence electrons. The Morgan fingerprint density at radius 1 is 0.735 bits per heavy atom. The van der Waals surface area contributed by atoms with Crippen molar-refractivity contribution in [2.45, 2.75) is 119 Å². The van der Waals surface area contributed by atoms with E-state index in [0.29, 0.717) is 0 Å². The van der Waals surface area contributed by atoms with Crippen molar-refractivity contribution in [2.75, 3.05) is 14.2 Å². The minimum absolute atomic E-state index is 0.697. The Morgan fingerprint density at radius 2 is 1.21 bits per heavy atom. The summed E-state index contributed by atoms with van der Waals surface area (Å²) in [5.74, 6) is 4.07. The van der Waals surface area contributed by atoms with Gasteiger partial charge in [0.2, 0.25) is 0 Å². The Labute approximate surface area is 211 Å². The van der Waals surface area contributed by atoms with E-state index in [9.17, 15) is 5.11 Å². The molecule has 0 aliphatic heterocycles. The first-order chi connectivity index (χ1) is 16.0. The van der Waals surface area contributed by atoms with Crippen molar-refractivity contribution in [3.8, 4) is 11.5 Å². The number of benzene rings is 1. The van der Waals surface area contributed by atoms with Gasteiger partial charge in [-0.1, -0.05) is 84.3 Å². The smallest absolute Gasteiger partial charge is 0.128 e. The lowest BCUT2D eigenvalue weighted by molar-refractivity contribution is 0.219. The van der Waals surface area contributed by atoms with Crippen LogP contribution >= 0.6 is 0 Å². The Kier molecular flexibility index (Phi) is 13.9. The monoisotopic (exact) mass is 474 g/mol. The molecule has 1 N–H and O–H groups in total. The van der Waals surface area contributed by atoms with Crippen molar-refractivity contribution < 1.29 is 14.6 Å². The highest BCUT2D eigenvalue weighted by molar-refractivity contribution is 5.59. The fourth-order valence-corrected chi connectivity index (χ4v) is 5.19. The first kappa shape index (κ1) is 30.6. The SMILES string of the molecule is COc1c(C)c(C)c(OC)c(C(O)/C=C(\C)CCCC(C)CCCC(C)CCCC(C)C)c1C. The predicted molar refractivity (Wildman–Crippen MR) is 147 cm³/mol. The van der Waals surface area contributed by atoms with Crippen molar-refractivity contribution in [3.63, 3.8) is 0 Å². The van der Waals surface area contributed by atoms with Crippen LogP contribution in [0.1, 0.15) is 121 Å². The third-order valence-corrected chi connectivity index (χ3v) is 7.52. The van der Waals surface area contributed by atoms with E-state index in [0.717, 1.165) is 57.9 Å². The fraction of sp³-hybridized carbons (Fsp3) is 0.742. The zero-order chi connectivity index (χ0) is 25.8. The second-order valence-corrected chi connectivity index (χ2v) is 11.2. The summed E-state index contributed by atoms with van der Waals surface area (Å²) in [6.07, 6.45) is 12.9. The van der Waals surface area contributed by atoms with Gasteiger partial charge in [0.25, 0.3) is 0 Å². The molecule has 0 spiro atoms. The highest BCUT2D eigenvalue weighted by Crippen LogP contribution is 2.41. The van der Waals surface area contributed by atoms with Crippen LogP contribution < -0.4 is 9.47 Å². The molecule has 1 rings (SSSR count). The lowest BCUT2D eigenvalue weighted by atomic mass is 9.91. The van der Waals surface area contributed by atoms with Crippen LogP contribution in [0, 0.1) is 38.5 Å². The molecule has 3 unspecified atom stereocenters. The van der Waals surface area contributed by atoms with Crippen molar-refractivity contribution in [1.29, 1.82) is 0 Å². The van der Waals surface area contributed by atoms with Crippen molar-refractivity contribution in [1.82, 2.24) is 0 Å². The molecule has 0 heterocycles. The molecule has 0 aliphatic rings. The van der Waals surface area contributed by atoms with Crippen LogP contribution in [0.4, 0.5) is 0 Å². The van der Waals surface area contributed by atoms with E-state index in [1.54, 1.807) is 14.2 Å². The summed E-state index contributed by atoms with van der Waals surface area (Å²) in [7, 11) is 3.36. The molecule has 0 saturated carbocycles. The number of hydrogen-bond acceptors (Lipinski definition) is 3. The summed E-state index contributed by atoms with van der Waals surface area (Å²) in [5, 5.41) is 11.1. The Balaban J connectivity index is 2.56. The summed E-state index contributed by atoms with van der Waals surface area (Å²) < 4.78 is 11.3. The van der Waals surface area contributed by atoms with E-state index in [1.807, 2.05) is 26.8 Å². The average Bonchev–Trinajstić information content (AvgIpc) is 2.76. The molecule has 3 heteroatoms. The summed E-state index contributed by atoms with van der Waals surface area (Å²) in [4.78, 5) is 0. The molecule has 0 bridgehead atoms. The Hall–Kier alpha value is -1.48. The van der Waals surface area contributed by atoms with E-state index >= 15 is 0 Å². The maximum Gasteiger partial charge on any atom is 0.128 e. The molecule has 0 aromatic heterocycles. The molecule has 0 saturated heterocycles. The summed E-state index contributed by atoms with van der Waals surface area (Å²) in [6, 6.07) is 0. The molecule has 1 aromatic rings. The van der Waals surface area contributed by atoms with Gasteiger partial charge in [-0.25, -0.2) is 0 Å². The van der Waals surface area contributed by atoms with Gasteiger partial charge in [-0.05, 0) is 69.4 Å². The van der Waals surface area contributed by atoms with Crippen molar-refractivity contribution >= 4 is 0 Å². The molecule has 0 aliphatic carbocycles. The quantitative estimate of drug-likeness (QED) is 0.243. The van der Waals surface area contributed by atoms with Crippen LogP contribution in [-0.4, -0.2) is 19.3 Å². The maximum atomic E-state index is 11.1. The van der Waals surface area contributed by atoms with Gasteiger partial charge in [-0.15, -0.1) is 0 Å². The van der Waals surface area contributed by atoms with Gasteiger partial charge >= 0.3 is 0 Å². The molecular weight excluding hydrogens is 420 g/mol. The molecule has 0 amide bonds. The number of aliphatic hydroxyl groups is 1. The second-order valence-electron chi connectivity index (χ2n) is 11.2. The molecule has 34 heavy (non-hydrogen) atoms. The zero-order valence-electron chi connectivity index (χ0n) is 24.0. The van der Waals surface area contributed by atoms with Crippen LogP contribution in [0.3, 0.4) is 0 Å². The van der Waals surface area contributed by atoms with Gasteiger partial charge in [0.05, 0.1) is 14.2 Å². The Morgan fingerprint density at radius 3 is 1.71 bits per heavy atom. The largest absolute Gasteiger partial charge is 0.496 e. The summed E-state index contributed by atoms with van der Waals surface area (Å²) in [6.45, 7) is 17.7. The highest BCUT2D eigenvalue weighted by atomic mass is 16.5. The molecular formula is C31H54O3. The zero-order valence-corrected chi connectivity index (χ0v) is 24.0. The minimum atomic E-state index is -0.697. The number of methoxy groups -OCH3 is 2. The van der Waals surface area contributed by atoms with E-state index < -0.39 is 6.10 Å². The molecule has 0 fully saturated rings. The highest BCUT2D eigenvalue weighted by Gasteiger charge is 2.23. The van der Waals surface area contributed by atoms with Gasteiger partial charge < -0.3 is 14.6 Å². The standard InChI is InChI=1S/C31H54O3/c1-21(2)14-11-15-22(3)16-12-17-23(4)18-13-19-24(5)20-28(32)29-27(8)30(33-9)25(6)26(7)31(29)34-10/h20-23,28,32H,11-19H2,1-10H3/b24-20+. The van der Waals surface area contributed by atoms with Gasteiger partial charge in [0, 0.05) is 11.1 Å². The molecule has 0 radical (unpaired) electrons. The van der Waals surface area contributed by atoms with E-state index in [2.05, 4.69) is 34.6 Å². The van der Waals surface area contributed by atoms with Crippen molar-refractivity contribution in [3.05, 3.63) is 33.9 Å². The van der Waals surface area contributed by atoms with Crippen LogP contribution in [0.15, 0.2) is 11.6 Å². The first-order valence-electron chi connectivity index (χ1n) is 13.6. The number of hydrogen-bond donors (Lipinski definition) is 1. The number of aliphatic hydroxyl groups excluding tert-OH is 1. The number of ether oxygens (including phenoxy) is 2. The fourth-order valence-electron chi connectivity index (χ4n) is 5.19. The van der Waals surface area contributed by atoms with Crippen LogP contribution in [-0.2, 0) is 0 Å². The van der Waals surface area contributed by atoms with Gasteiger partial charge in [0.1, 0.15) is 17.6 Å². The van der Waals surface area contributed by atoms with Gasteiger partial charge in [0.15, 0.2) is 0 Å². The summed E-state index contributed by atoms with van der Waals surface area (Å²) in [5.41, 5.74) is 5.08. The number of rotatable bonds is 16. The lowest BCUT2D eigenvalue weighted by Crippen LogP contribution is -2.07. The Bertz CT molecular complexity index is 763. The van der Waals surface area contributed by atoms with Crippen molar-refractivity contribution in [2.24, 2.45) is 17.8 Å². The second kappa shape index (κ2) is 15.5. The molecule has 1 aromatic carbocycles. The van der Waals surface area contributed by atoms with E-state index in [-0.39, 0.29) is 0 Å². The van der Waals surface area contributed by atoms with E-state index in [4.69, 9.17) is 9.47 Å². The summed E-state index contributed by atoms with van der Waals surface area (Å²) >= 11 is 0. The van der Waals surface area contributed by atoms with Gasteiger partial charge in [-0.2, -0.15) is 0 Å². The van der Waals surface area contributed by atoms with Crippen LogP contribution in [0.5, 0.6) is 11.5 Å². The first-order valence-corrected chi connectivity index (χ1v) is 13.6. The topological polar surface area (TPSA) is 38.7 Å². The normalized spacial score (nSPS) is 14.9. The van der Waals surface area contributed by atoms with E-state index in [1.165, 1.54) is 56.9 Å². The molecule has 3 nitrogen and oxygen atoms in total. The molecule has 3 atom stereocenters. The third kappa shape index (κ3) is 9.64. The van der Waals surface area contributed by atoms with Crippen LogP contribution in [0.2, 0.25) is 0 Å². The minimum Gasteiger partial charge on any atom is -0.496 e.